The molecule has 1 N–H and O–H groups in total. The highest BCUT2D eigenvalue weighted by atomic mass is 35.5. The van der Waals surface area contributed by atoms with Crippen LogP contribution in [0.4, 0.5) is 14.5 Å². The summed E-state index contributed by atoms with van der Waals surface area (Å²) in [5.41, 5.74) is -0.238. The van der Waals surface area contributed by atoms with Crippen LogP contribution in [-0.2, 0) is 4.79 Å². The molecule has 0 bridgehead atoms. The molecule has 1 amide bonds. The highest BCUT2D eigenvalue weighted by molar-refractivity contribution is 6.32. The standard InChI is InChI=1S/C16H8Cl2F2N2O/c17-12-2-1-3-14(19)11(12)6-9(8-21)16(23)22-10-4-5-15(20)13(18)7-10/h1-7H,(H,22,23)/b9-6-. The Bertz CT molecular complexity index is 824. The third-order valence-electron chi connectivity index (χ3n) is 2.83. The number of halogens is 4. The number of carbonyl (C=O) groups is 1. The molecule has 0 heterocycles. The first kappa shape index (κ1) is 16.9. The third kappa shape index (κ3) is 4.07. The first-order chi connectivity index (χ1) is 10.9. The number of nitrogens with one attached hydrogen (secondary N) is 1. The fourth-order valence-electron chi connectivity index (χ4n) is 1.71. The van der Waals surface area contributed by atoms with Gasteiger partial charge in [-0.25, -0.2) is 8.78 Å². The maximum absolute atomic E-state index is 13.7. The second-order valence-corrected chi connectivity index (χ2v) is 5.20. The van der Waals surface area contributed by atoms with E-state index in [0.717, 1.165) is 18.2 Å². The van der Waals surface area contributed by atoms with Crippen molar-refractivity contribution < 1.29 is 13.6 Å². The Morgan fingerprint density at radius 2 is 1.87 bits per heavy atom. The minimum atomic E-state index is -0.797. The van der Waals surface area contributed by atoms with E-state index in [9.17, 15) is 13.6 Å². The summed E-state index contributed by atoms with van der Waals surface area (Å²) in [4.78, 5) is 12.1. The van der Waals surface area contributed by atoms with E-state index in [0.29, 0.717) is 0 Å². The molecule has 0 saturated carbocycles. The molecule has 3 nitrogen and oxygen atoms in total. The van der Waals surface area contributed by atoms with Crippen LogP contribution >= 0.6 is 23.2 Å². The van der Waals surface area contributed by atoms with E-state index in [2.05, 4.69) is 5.32 Å². The first-order valence-corrected chi connectivity index (χ1v) is 7.00. The Kier molecular flexibility index (Phi) is 5.32. The van der Waals surface area contributed by atoms with E-state index in [1.165, 1.54) is 24.3 Å². The molecule has 0 atom stereocenters. The summed E-state index contributed by atoms with van der Waals surface area (Å²) in [7, 11) is 0. The Morgan fingerprint density at radius 1 is 1.13 bits per heavy atom. The summed E-state index contributed by atoms with van der Waals surface area (Å²) in [6, 6.07) is 9.21. The van der Waals surface area contributed by atoms with Crippen molar-refractivity contribution in [2.24, 2.45) is 0 Å². The summed E-state index contributed by atoms with van der Waals surface area (Å²) in [6.07, 6.45) is 1.04. The van der Waals surface area contributed by atoms with Crippen molar-refractivity contribution in [1.82, 2.24) is 0 Å². The molecule has 0 aromatic heterocycles. The monoisotopic (exact) mass is 352 g/mol. The van der Waals surface area contributed by atoms with Crippen molar-refractivity contribution in [3.63, 3.8) is 0 Å². The zero-order valence-electron chi connectivity index (χ0n) is 11.4. The van der Waals surface area contributed by atoms with Gasteiger partial charge in [-0.1, -0.05) is 29.3 Å². The Balaban J connectivity index is 2.30. The van der Waals surface area contributed by atoms with Crippen molar-refractivity contribution in [3.8, 4) is 6.07 Å². The average Bonchev–Trinajstić information content (AvgIpc) is 2.50. The first-order valence-electron chi connectivity index (χ1n) is 6.24. The molecule has 2 rings (SSSR count). The molecule has 0 saturated heterocycles. The lowest BCUT2D eigenvalue weighted by Gasteiger charge is -2.06. The SMILES string of the molecule is N#C/C(=C/c1c(F)cccc1Cl)C(=O)Nc1ccc(F)c(Cl)c1. The fraction of sp³-hybridized carbons (Fsp3) is 0. The smallest absolute Gasteiger partial charge is 0.266 e. The van der Waals surface area contributed by atoms with Gasteiger partial charge in [-0.2, -0.15) is 5.26 Å². The van der Waals surface area contributed by atoms with E-state index < -0.39 is 17.5 Å². The van der Waals surface area contributed by atoms with Crippen LogP contribution in [0.25, 0.3) is 6.08 Å². The second-order valence-electron chi connectivity index (χ2n) is 4.39. The summed E-state index contributed by atoms with van der Waals surface area (Å²) < 4.78 is 26.8. The van der Waals surface area contributed by atoms with E-state index in [-0.39, 0.29) is 26.9 Å². The Hall–Kier alpha value is -2.42. The molecule has 0 aliphatic carbocycles. The van der Waals surface area contributed by atoms with Crippen LogP contribution < -0.4 is 5.32 Å². The minimum absolute atomic E-state index is 0.0652. The van der Waals surface area contributed by atoms with Crippen molar-refractivity contribution in [3.05, 3.63) is 69.2 Å². The normalized spacial score (nSPS) is 11.0. The topological polar surface area (TPSA) is 52.9 Å². The molecule has 23 heavy (non-hydrogen) atoms. The van der Waals surface area contributed by atoms with Crippen molar-refractivity contribution >= 4 is 40.9 Å². The molecule has 0 spiro atoms. The van der Waals surface area contributed by atoms with Gasteiger partial charge in [-0.05, 0) is 36.4 Å². The fourth-order valence-corrected chi connectivity index (χ4v) is 2.11. The molecule has 2 aromatic rings. The lowest BCUT2D eigenvalue weighted by atomic mass is 10.1. The van der Waals surface area contributed by atoms with E-state index in [1.54, 1.807) is 6.07 Å². The van der Waals surface area contributed by atoms with Gasteiger partial charge in [0.2, 0.25) is 0 Å². The Morgan fingerprint density at radius 3 is 2.48 bits per heavy atom. The zero-order valence-corrected chi connectivity index (χ0v) is 12.9. The van der Waals surface area contributed by atoms with Crippen LogP contribution in [0.5, 0.6) is 0 Å². The zero-order chi connectivity index (χ0) is 17.0. The van der Waals surface area contributed by atoms with E-state index in [4.69, 9.17) is 28.5 Å². The third-order valence-corrected chi connectivity index (χ3v) is 3.45. The van der Waals surface area contributed by atoms with Gasteiger partial charge in [-0.15, -0.1) is 0 Å². The van der Waals surface area contributed by atoms with Gasteiger partial charge in [0.1, 0.15) is 23.3 Å². The number of nitriles is 1. The lowest BCUT2D eigenvalue weighted by molar-refractivity contribution is -0.112. The molecule has 0 unspecified atom stereocenters. The number of hydrogen-bond acceptors (Lipinski definition) is 2. The second kappa shape index (κ2) is 7.23. The number of hydrogen-bond donors (Lipinski definition) is 1. The molecule has 0 aliphatic heterocycles. The predicted octanol–water partition coefficient (Wildman–Crippen LogP) is 4.82. The lowest BCUT2D eigenvalue weighted by Crippen LogP contribution is -2.13. The van der Waals surface area contributed by atoms with Gasteiger partial charge in [-0.3, -0.25) is 4.79 Å². The molecule has 0 radical (unpaired) electrons. The van der Waals surface area contributed by atoms with Gasteiger partial charge in [0.15, 0.2) is 0 Å². The van der Waals surface area contributed by atoms with Crippen LogP contribution in [0, 0.1) is 23.0 Å². The van der Waals surface area contributed by atoms with Crippen LogP contribution in [-0.4, -0.2) is 5.91 Å². The van der Waals surface area contributed by atoms with Crippen LogP contribution in [0.1, 0.15) is 5.56 Å². The van der Waals surface area contributed by atoms with Crippen molar-refractivity contribution in [1.29, 1.82) is 5.26 Å². The van der Waals surface area contributed by atoms with E-state index in [1.807, 2.05) is 0 Å². The molecular weight excluding hydrogens is 345 g/mol. The minimum Gasteiger partial charge on any atom is -0.321 e. The van der Waals surface area contributed by atoms with Gasteiger partial charge < -0.3 is 5.32 Å². The highest BCUT2D eigenvalue weighted by Gasteiger charge is 2.13. The van der Waals surface area contributed by atoms with E-state index >= 15 is 0 Å². The quantitative estimate of drug-likeness (QED) is 0.636. The van der Waals surface area contributed by atoms with Crippen LogP contribution in [0.15, 0.2) is 42.0 Å². The number of rotatable bonds is 3. The number of amides is 1. The van der Waals surface area contributed by atoms with Gasteiger partial charge >= 0.3 is 0 Å². The van der Waals surface area contributed by atoms with Crippen LogP contribution in [0.2, 0.25) is 10.0 Å². The number of anilines is 1. The largest absolute Gasteiger partial charge is 0.321 e. The highest BCUT2D eigenvalue weighted by Crippen LogP contribution is 2.23. The summed E-state index contributed by atoms with van der Waals surface area (Å²) >= 11 is 11.5. The molecular formula is C16H8Cl2F2N2O. The number of carbonyl (C=O) groups excluding carboxylic acids is 1. The molecule has 0 fully saturated rings. The Labute approximate surface area is 140 Å². The number of nitrogens with zero attached hydrogens (tertiary/aromatic N) is 1. The molecule has 2 aromatic carbocycles. The molecule has 0 aliphatic rings. The number of benzene rings is 2. The van der Waals surface area contributed by atoms with Gasteiger partial charge in [0.25, 0.3) is 5.91 Å². The van der Waals surface area contributed by atoms with Crippen molar-refractivity contribution in [2.45, 2.75) is 0 Å². The summed E-state index contributed by atoms with van der Waals surface area (Å²) in [6.45, 7) is 0. The van der Waals surface area contributed by atoms with Gasteiger partial charge in [0.05, 0.1) is 10.0 Å². The maximum atomic E-state index is 13.7. The predicted molar refractivity (Wildman–Crippen MR) is 85.0 cm³/mol. The summed E-state index contributed by atoms with van der Waals surface area (Å²) in [5.74, 6) is -2.10. The molecule has 7 heteroatoms. The summed E-state index contributed by atoms with van der Waals surface area (Å²) in [5, 5.41) is 11.3. The average molecular weight is 353 g/mol. The van der Waals surface area contributed by atoms with Crippen LogP contribution in [0.3, 0.4) is 0 Å². The van der Waals surface area contributed by atoms with Gasteiger partial charge in [0, 0.05) is 11.3 Å². The molecule has 116 valence electrons. The van der Waals surface area contributed by atoms with Crippen molar-refractivity contribution in [2.75, 3.05) is 5.32 Å². The maximum Gasteiger partial charge on any atom is 0.266 e.